The van der Waals surface area contributed by atoms with Crippen LogP contribution in [0.25, 0.3) is 0 Å². The number of nitrogens with one attached hydrogen (secondary N) is 1. The van der Waals surface area contributed by atoms with E-state index in [0.29, 0.717) is 18.4 Å². The molecular weight excluding hydrogens is 248 g/mol. The average Bonchev–Trinajstić information content (AvgIpc) is 2.35. The second-order valence-electron chi connectivity index (χ2n) is 4.49. The fourth-order valence-corrected chi connectivity index (χ4v) is 3.09. The number of esters is 1. The first-order valence-corrected chi connectivity index (χ1v) is 7.43. The van der Waals surface area contributed by atoms with Gasteiger partial charge in [0.05, 0.1) is 6.61 Å². The second-order valence-corrected chi connectivity index (χ2v) is 5.56. The van der Waals surface area contributed by atoms with Crippen LogP contribution in [-0.4, -0.2) is 23.5 Å². The third kappa shape index (κ3) is 5.58. The number of hydrogen-bond donors (Lipinski definition) is 2. The van der Waals surface area contributed by atoms with Gasteiger partial charge >= 0.3 is 5.97 Å². The smallest absolute Gasteiger partial charge is 0.330 e. The summed E-state index contributed by atoms with van der Waals surface area (Å²) in [6.07, 6.45) is 8.22. The lowest BCUT2D eigenvalue weighted by Crippen LogP contribution is -2.21. The van der Waals surface area contributed by atoms with Crippen molar-refractivity contribution < 1.29 is 9.53 Å². The lowest BCUT2D eigenvalue weighted by molar-refractivity contribution is -0.137. The maximum absolute atomic E-state index is 11.3. The lowest BCUT2D eigenvalue weighted by Gasteiger charge is -2.28. The Morgan fingerprint density at radius 2 is 2.22 bits per heavy atom. The molecule has 18 heavy (non-hydrogen) atoms. The van der Waals surface area contributed by atoms with Crippen LogP contribution in [-0.2, 0) is 9.53 Å². The van der Waals surface area contributed by atoms with Crippen LogP contribution in [0.2, 0.25) is 0 Å². The molecule has 0 bridgehead atoms. The molecule has 4 nitrogen and oxygen atoms in total. The number of carbonyl (C=O) groups excluding carboxylic acids is 1. The Morgan fingerprint density at radius 3 is 2.89 bits per heavy atom. The molecule has 1 saturated carbocycles. The summed E-state index contributed by atoms with van der Waals surface area (Å²) in [7, 11) is 0. The maximum Gasteiger partial charge on any atom is 0.330 e. The first-order valence-electron chi connectivity index (χ1n) is 6.45. The molecule has 0 unspecified atom stereocenters. The van der Waals surface area contributed by atoms with E-state index in [1.807, 2.05) is 6.08 Å². The molecule has 1 rings (SSSR count). The summed E-state index contributed by atoms with van der Waals surface area (Å²) in [6, 6.07) is 0. The molecule has 1 fully saturated rings. The summed E-state index contributed by atoms with van der Waals surface area (Å²) in [5, 5.41) is 7.43. The second kappa shape index (κ2) is 8.19. The number of allylic oxidation sites excluding steroid dienone is 1. The average molecular weight is 270 g/mol. The Kier molecular flexibility index (Phi) is 6.86. The Balaban J connectivity index is 2.48. The van der Waals surface area contributed by atoms with E-state index in [1.165, 1.54) is 24.6 Å². The van der Waals surface area contributed by atoms with Crippen molar-refractivity contribution in [2.75, 3.05) is 12.4 Å². The van der Waals surface area contributed by atoms with Gasteiger partial charge in [-0.3, -0.25) is 5.41 Å². The van der Waals surface area contributed by atoms with Crippen molar-refractivity contribution in [1.29, 1.82) is 5.41 Å². The number of hydrogen-bond acceptors (Lipinski definition) is 4. The normalized spacial score (nSPS) is 24.1. The first-order chi connectivity index (χ1) is 8.63. The Hall–Kier alpha value is -0.970. The van der Waals surface area contributed by atoms with Gasteiger partial charge in [0.2, 0.25) is 0 Å². The van der Waals surface area contributed by atoms with Crippen molar-refractivity contribution in [2.24, 2.45) is 17.6 Å². The van der Waals surface area contributed by atoms with Crippen molar-refractivity contribution in [3.05, 3.63) is 12.2 Å². The summed E-state index contributed by atoms with van der Waals surface area (Å²) in [6.45, 7) is 2.22. The molecule has 1 aliphatic rings. The van der Waals surface area contributed by atoms with Crippen LogP contribution in [0.4, 0.5) is 0 Å². The monoisotopic (exact) mass is 270 g/mol. The minimum absolute atomic E-state index is 0.175. The van der Waals surface area contributed by atoms with Gasteiger partial charge in [0.1, 0.15) is 0 Å². The van der Waals surface area contributed by atoms with Gasteiger partial charge in [-0.1, -0.05) is 30.7 Å². The number of rotatable bonds is 5. The van der Waals surface area contributed by atoms with Crippen LogP contribution in [0.1, 0.15) is 32.6 Å². The zero-order valence-corrected chi connectivity index (χ0v) is 11.7. The highest BCUT2D eigenvalue weighted by Crippen LogP contribution is 2.33. The fraction of sp³-hybridized carbons (Fsp3) is 0.692. The number of amidine groups is 1. The van der Waals surface area contributed by atoms with Gasteiger partial charge in [0.15, 0.2) is 5.17 Å². The molecule has 0 amide bonds. The van der Waals surface area contributed by atoms with E-state index < -0.39 is 0 Å². The molecule has 0 saturated heterocycles. The van der Waals surface area contributed by atoms with Crippen molar-refractivity contribution in [3.8, 4) is 0 Å². The zero-order chi connectivity index (χ0) is 13.4. The number of thioether (sulfide) groups is 1. The molecule has 0 heterocycles. The highest BCUT2D eigenvalue weighted by Gasteiger charge is 2.23. The van der Waals surface area contributed by atoms with Crippen molar-refractivity contribution in [3.63, 3.8) is 0 Å². The highest BCUT2D eigenvalue weighted by atomic mass is 32.2. The van der Waals surface area contributed by atoms with Gasteiger partial charge in [-0.15, -0.1) is 0 Å². The third-order valence-corrected chi connectivity index (χ3v) is 4.09. The van der Waals surface area contributed by atoms with E-state index in [-0.39, 0.29) is 11.1 Å². The summed E-state index contributed by atoms with van der Waals surface area (Å²) >= 11 is 1.40. The fourth-order valence-electron chi connectivity index (χ4n) is 2.29. The van der Waals surface area contributed by atoms with Crippen LogP contribution < -0.4 is 5.73 Å². The molecule has 0 aromatic carbocycles. The number of carbonyl (C=O) groups is 1. The minimum atomic E-state index is -0.263. The summed E-state index contributed by atoms with van der Waals surface area (Å²) < 4.78 is 4.88. The molecule has 0 aliphatic heterocycles. The predicted molar refractivity (Wildman–Crippen MR) is 75.6 cm³/mol. The Morgan fingerprint density at radius 1 is 1.50 bits per heavy atom. The molecule has 0 aromatic heterocycles. The molecule has 102 valence electrons. The van der Waals surface area contributed by atoms with Crippen LogP contribution in [0.5, 0.6) is 0 Å². The van der Waals surface area contributed by atoms with Crippen LogP contribution >= 0.6 is 11.8 Å². The first kappa shape index (κ1) is 15.1. The SMILES string of the molecule is CCOC(=O)/C=C/[C@@H]1CCCC[C@H]1CSC(=N)N. The predicted octanol–water partition coefficient (Wildman–Crippen LogP) is 2.54. The lowest BCUT2D eigenvalue weighted by atomic mass is 9.80. The van der Waals surface area contributed by atoms with Gasteiger partial charge in [0.25, 0.3) is 0 Å². The zero-order valence-electron chi connectivity index (χ0n) is 10.9. The molecular formula is C13H22N2O2S. The molecule has 2 atom stereocenters. The molecule has 3 N–H and O–H groups in total. The van der Waals surface area contributed by atoms with Crippen molar-refractivity contribution in [2.45, 2.75) is 32.6 Å². The third-order valence-electron chi connectivity index (χ3n) is 3.19. The summed E-state index contributed by atoms with van der Waals surface area (Å²) in [5.41, 5.74) is 5.37. The Labute approximate surface area is 113 Å². The van der Waals surface area contributed by atoms with E-state index in [4.69, 9.17) is 15.9 Å². The molecule has 0 spiro atoms. The van der Waals surface area contributed by atoms with Crippen molar-refractivity contribution in [1.82, 2.24) is 0 Å². The van der Waals surface area contributed by atoms with Gasteiger partial charge in [0, 0.05) is 11.8 Å². The summed E-state index contributed by atoms with van der Waals surface area (Å²) in [5.74, 6) is 1.53. The topological polar surface area (TPSA) is 76.2 Å². The van der Waals surface area contributed by atoms with Crippen molar-refractivity contribution >= 4 is 22.9 Å². The standard InChI is InChI=1S/C13H22N2O2S/c1-2-17-12(16)8-7-10-5-3-4-6-11(10)9-18-13(14)15/h7-8,10-11H,2-6,9H2,1H3,(H3,14,15)/b8-7+/t10-,11-/m0/s1. The van der Waals surface area contributed by atoms with E-state index in [9.17, 15) is 4.79 Å². The Bertz CT molecular complexity index is 318. The number of nitrogens with two attached hydrogens (primary N) is 1. The van der Waals surface area contributed by atoms with E-state index in [0.717, 1.165) is 18.6 Å². The molecule has 5 heteroatoms. The molecule has 1 aliphatic carbocycles. The van der Waals surface area contributed by atoms with E-state index >= 15 is 0 Å². The van der Waals surface area contributed by atoms with Gasteiger partial charge in [-0.05, 0) is 31.6 Å². The minimum Gasteiger partial charge on any atom is -0.463 e. The van der Waals surface area contributed by atoms with Crippen LogP contribution in [0, 0.1) is 17.2 Å². The van der Waals surface area contributed by atoms with Crippen LogP contribution in [0.15, 0.2) is 12.2 Å². The quantitative estimate of drug-likeness (QED) is 0.348. The van der Waals surface area contributed by atoms with Gasteiger partial charge in [-0.25, -0.2) is 4.79 Å². The largest absolute Gasteiger partial charge is 0.463 e. The molecule has 0 aromatic rings. The van der Waals surface area contributed by atoms with Gasteiger partial charge in [-0.2, -0.15) is 0 Å². The van der Waals surface area contributed by atoms with E-state index in [1.54, 1.807) is 13.0 Å². The number of ether oxygens (including phenoxy) is 1. The van der Waals surface area contributed by atoms with E-state index in [2.05, 4.69) is 0 Å². The molecule has 0 radical (unpaired) electrons. The maximum atomic E-state index is 11.3. The van der Waals surface area contributed by atoms with Crippen LogP contribution in [0.3, 0.4) is 0 Å². The summed E-state index contributed by atoms with van der Waals surface area (Å²) in [4.78, 5) is 11.3. The highest BCUT2D eigenvalue weighted by molar-refractivity contribution is 8.13. The van der Waals surface area contributed by atoms with Gasteiger partial charge < -0.3 is 10.5 Å².